The molecule has 1 heterocycles. The van der Waals surface area contributed by atoms with Crippen molar-refractivity contribution in [2.24, 2.45) is 5.73 Å². The topological polar surface area (TPSA) is 88.1 Å². The smallest absolute Gasteiger partial charge is 0.102 e. The number of fused-ring (bicyclic) bond motifs is 1. The lowest BCUT2D eigenvalue weighted by Gasteiger charge is -2.10. The number of hydrogen-bond donors (Lipinski definition) is 4. The zero-order chi connectivity index (χ0) is 12.6. The van der Waals surface area contributed by atoms with E-state index < -0.39 is 6.04 Å². The molecule has 0 amide bonds. The highest BCUT2D eigenvalue weighted by Crippen LogP contribution is 2.25. The van der Waals surface area contributed by atoms with E-state index in [9.17, 15) is 5.11 Å². The summed E-state index contributed by atoms with van der Waals surface area (Å²) in [6, 6.07) is 5.27. The summed E-state index contributed by atoms with van der Waals surface area (Å²) in [5, 5.41) is 10.3. The lowest BCUT2D eigenvalue weighted by molar-refractivity contribution is 0.368. The number of nitrogen functional groups attached to an aromatic ring is 1. The molecule has 1 unspecified atom stereocenters. The van der Waals surface area contributed by atoms with Crippen LogP contribution < -0.4 is 11.5 Å². The molecule has 0 saturated heterocycles. The van der Waals surface area contributed by atoms with Gasteiger partial charge < -0.3 is 21.6 Å². The summed E-state index contributed by atoms with van der Waals surface area (Å²) in [6.07, 6.45) is 0.546. The third-order valence-electron chi connectivity index (χ3n) is 3.00. The maximum absolute atomic E-state index is 9.28. The Morgan fingerprint density at radius 3 is 2.88 bits per heavy atom. The van der Waals surface area contributed by atoms with Crippen LogP contribution in [0.2, 0.25) is 0 Å². The number of rotatable bonds is 3. The second-order valence-electron chi connectivity index (χ2n) is 4.34. The first-order valence-corrected chi connectivity index (χ1v) is 5.49. The van der Waals surface area contributed by atoms with Gasteiger partial charge in [0.2, 0.25) is 0 Å². The van der Waals surface area contributed by atoms with Crippen LogP contribution in [0.15, 0.2) is 30.5 Å². The molecule has 0 aliphatic rings. The SMILES string of the molecule is C=C(O)C(N)Cc1c(C)[nH]c2ccc(N)cc12. The monoisotopic (exact) mass is 231 g/mol. The zero-order valence-corrected chi connectivity index (χ0v) is 9.83. The Balaban J connectivity index is 2.48. The van der Waals surface area contributed by atoms with Crippen LogP contribution in [0.4, 0.5) is 5.69 Å². The number of anilines is 1. The highest BCUT2D eigenvalue weighted by molar-refractivity contribution is 5.87. The highest BCUT2D eigenvalue weighted by Gasteiger charge is 2.14. The van der Waals surface area contributed by atoms with Crippen LogP contribution >= 0.6 is 0 Å². The number of H-pyrrole nitrogens is 1. The van der Waals surface area contributed by atoms with Gasteiger partial charge in [0.1, 0.15) is 5.76 Å². The second-order valence-corrected chi connectivity index (χ2v) is 4.34. The lowest BCUT2D eigenvalue weighted by atomic mass is 10.0. The molecule has 17 heavy (non-hydrogen) atoms. The van der Waals surface area contributed by atoms with Crippen molar-refractivity contribution >= 4 is 16.6 Å². The van der Waals surface area contributed by atoms with Gasteiger partial charge in [-0.05, 0) is 37.1 Å². The molecule has 0 saturated carbocycles. The predicted molar refractivity (Wildman–Crippen MR) is 70.9 cm³/mol. The van der Waals surface area contributed by atoms with E-state index in [1.54, 1.807) is 0 Å². The zero-order valence-electron chi connectivity index (χ0n) is 9.83. The molecular formula is C13H17N3O. The van der Waals surface area contributed by atoms with Crippen molar-refractivity contribution in [1.82, 2.24) is 4.98 Å². The van der Waals surface area contributed by atoms with Crippen molar-refractivity contribution in [2.75, 3.05) is 5.73 Å². The average Bonchev–Trinajstić information content (AvgIpc) is 2.55. The second kappa shape index (κ2) is 4.14. The van der Waals surface area contributed by atoms with Crippen molar-refractivity contribution in [3.63, 3.8) is 0 Å². The molecule has 90 valence electrons. The predicted octanol–water partition coefficient (Wildman–Crippen LogP) is 2.00. The average molecular weight is 231 g/mol. The summed E-state index contributed by atoms with van der Waals surface area (Å²) in [6.45, 7) is 5.44. The number of aromatic amines is 1. The van der Waals surface area contributed by atoms with Crippen molar-refractivity contribution < 1.29 is 5.11 Å². The molecule has 0 bridgehead atoms. The molecule has 0 spiro atoms. The fourth-order valence-electron chi connectivity index (χ4n) is 2.00. The maximum atomic E-state index is 9.28. The molecule has 4 nitrogen and oxygen atoms in total. The van der Waals surface area contributed by atoms with Gasteiger partial charge in [-0.3, -0.25) is 0 Å². The number of nitrogens with one attached hydrogen (secondary N) is 1. The minimum absolute atomic E-state index is 0.00246. The van der Waals surface area contributed by atoms with Crippen molar-refractivity contribution in [2.45, 2.75) is 19.4 Å². The van der Waals surface area contributed by atoms with Gasteiger partial charge >= 0.3 is 0 Å². The number of aromatic nitrogens is 1. The Morgan fingerprint density at radius 1 is 1.53 bits per heavy atom. The first-order valence-electron chi connectivity index (χ1n) is 5.49. The summed E-state index contributed by atoms with van der Waals surface area (Å²) in [5.74, 6) is 0.00246. The van der Waals surface area contributed by atoms with E-state index in [1.165, 1.54) is 0 Å². The number of hydrogen-bond acceptors (Lipinski definition) is 3. The number of aliphatic hydroxyl groups excluding tert-OH is 1. The van der Waals surface area contributed by atoms with Gasteiger partial charge in [0.15, 0.2) is 0 Å². The summed E-state index contributed by atoms with van der Waals surface area (Å²) in [5.41, 5.74) is 15.5. The summed E-state index contributed by atoms with van der Waals surface area (Å²) in [7, 11) is 0. The molecule has 2 rings (SSSR count). The summed E-state index contributed by atoms with van der Waals surface area (Å²) >= 11 is 0. The molecule has 0 radical (unpaired) electrons. The van der Waals surface area contributed by atoms with Crippen LogP contribution in [0.5, 0.6) is 0 Å². The van der Waals surface area contributed by atoms with Gasteiger partial charge in [-0.25, -0.2) is 0 Å². The molecule has 0 aliphatic carbocycles. The van der Waals surface area contributed by atoms with E-state index in [0.717, 1.165) is 22.2 Å². The maximum Gasteiger partial charge on any atom is 0.102 e. The molecule has 4 heteroatoms. The summed E-state index contributed by atoms with van der Waals surface area (Å²) in [4.78, 5) is 3.28. The van der Waals surface area contributed by atoms with E-state index >= 15 is 0 Å². The van der Waals surface area contributed by atoms with E-state index in [2.05, 4.69) is 11.6 Å². The molecule has 0 aliphatic heterocycles. The van der Waals surface area contributed by atoms with Crippen LogP contribution in [-0.4, -0.2) is 16.1 Å². The Hall–Kier alpha value is -1.94. The van der Waals surface area contributed by atoms with E-state index in [1.807, 2.05) is 25.1 Å². The number of aryl methyl sites for hydroxylation is 1. The Kier molecular flexibility index (Phi) is 2.81. The molecule has 0 fully saturated rings. The normalized spacial score (nSPS) is 12.8. The fourth-order valence-corrected chi connectivity index (χ4v) is 2.00. The standard InChI is InChI=1S/C13H17N3O/c1-7-10(6-12(15)8(2)17)11-5-9(14)3-4-13(11)16-7/h3-5,12,16-17H,2,6,14-15H2,1H3. The Bertz CT molecular complexity index is 571. The van der Waals surface area contributed by atoms with Crippen molar-refractivity contribution in [1.29, 1.82) is 0 Å². The van der Waals surface area contributed by atoms with Gasteiger partial charge in [0.05, 0.1) is 6.04 Å². The molecular weight excluding hydrogens is 214 g/mol. The first kappa shape index (κ1) is 11.5. The molecule has 1 aromatic heterocycles. The molecule has 6 N–H and O–H groups in total. The van der Waals surface area contributed by atoms with Gasteiger partial charge in [0, 0.05) is 22.3 Å². The number of aliphatic hydroxyl groups is 1. The fraction of sp³-hybridized carbons (Fsp3) is 0.231. The van der Waals surface area contributed by atoms with Crippen LogP contribution in [0.3, 0.4) is 0 Å². The Morgan fingerprint density at radius 2 is 2.24 bits per heavy atom. The van der Waals surface area contributed by atoms with E-state index in [4.69, 9.17) is 11.5 Å². The Labute approximate surface area is 99.9 Å². The number of benzene rings is 1. The van der Waals surface area contributed by atoms with E-state index in [0.29, 0.717) is 12.1 Å². The van der Waals surface area contributed by atoms with Gasteiger partial charge in [-0.15, -0.1) is 0 Å². The van der Waals surface area contributed by atoms with Gasteiger partial charge in [-0.2, -0.15) is 0 Å². The van der Waals surface area contributed by atoms with Crippen molar-refractivity contribution in [3.05, 3.63) is 41.8 Å². The van der Waals surface area contributed by atoms with Crippen LogP contribution in [0.25, 0.3) is 10.9 Å². The van der Waals surface area contributed by atoms with Gasteiger partial charge in [-0.1, -0.05) is 6.58 Å². The number of nitrogens with two attached hydrogens (primary N) is 2. The summed E-state index contributed by atoms with van der Waals surface area (Å²) < 4.78 is 0. The van der Waals surface area contributed by atoms with Crippen LogP contribution in [0, 0.1) is 6.92 Å². The minimum Gasteiger partial charge on any atom is -0.511 e. The molecule has 1 atom stereocenters. The highest BCUT2D eigenvalue weighted by atomic mass is 16.3. The van der Waals surface area contributed by atoms with Crippen LogP contribution in [0.1, 0.15) is 11.3 Å². The van der Waals surface area contributed by atoms with Gasteiger partial charge in [0.25, 0.3) is 0 Å². The minimum atomic E-state index is -0.450. The van der Waals surface area contributed by atoms with Crippen molar-refractivity contribution in [3.8, 4) is 0 Å². The quantitative estimate of drug-likeness (QED) is 0.481. The third-order valence-corrected chi connectivity index (χ3v) is 3.00. The lowest BCUT2D eigenvalue weighted by Crippen LogP contribution is -2.24. The molecule has 1 aromatic carbocycles. The third kappa shape index (κ3) is 2.12. The van der Waals surface area contributed by atoms with Crippen LogP contribution in [-0.2, 0) is 6.42 Å². The van der Waals surface area contributed by atoms with E-state index in [-0.39, 0.29) is 5.76 Å². The largest absolute Gasteiger partial charge is 0.511 e. The first-order chi connectivity index (χ1) is 7.99. The molecule has 2 aromatic rings.